The van der Waals surface area contributed by atoms with Crippen LogP contribution in [0.4, 0.5) is 0 Å². The second kappa shape index (κ2) is 9.31. The van der Waals surface area contributed by atoms with Crippen LogP contribution < -0.4 is 0 Å². The Morgan fingerprint density at radius 2 is 1.18 bits per heavy atom. The maximum Gasteiger partial charge on any atom is 0.327 e. The smallest absolute Gasteiger partial charge is 0.214 e. The monoisotopic (exact) mass is 326 g/mol. The van der Waals surface area contributed by atoms with Gasteiger partial charge in [-0.15, -0.1) is 0 Å². The summed E-state index contributed by atoms with van der Waals surface area (Å²) in [5.74, 6) is 0. The highest BCUT2D eigenvalue weighted by Crippen LogP contribution is 2.27. The summed E-state index contributed by atoms with van der Waals surface area (Å²) < 4.78 is 26.9. The summed E-state index contributed by atoms with van der Waals surface area (Å²) >= 11 is 0. The summed E-state index contributed by atoms with van der Waals surface area (Å²) in [4.78, 5) is 0.471. The maximum absolute atomic E-state index is 13.3. The quantitative estimate of drug-likeness (QED) is 0.557. The molecule has 0 saturated heterocycles. The summed E-state index contributed by atoms with van der Waals surface area (Å²) in [7, 11) is -3.34. The van der Waals surface area contributed by atoms with Gasteiger partial charge >= 0.3 is 10.0 Å². The van der Waals surface area contributed by atoms with Crippen molar-refractivity contribution in [1.29, 1.82) is 0 Å². The van der Waals surface area contributed by atoms with Crippen LogP contribution in [0.5, 0.6) is 0 Å². The van der Waals surface area contributed by atoms with Crippen LogP contribution in [0.15, 0.2) is 35.2 Å². The number of hydrogen-bond donors (Lipinski definition) is 0. The molecule has 0 aromatic heterocycles. The molecule has 22 heavy (non-hydrogen) atoms. The molecule has 0 amide bonds. The zero-order valence-electron chi connectivity index (χ0n) is 14.4. The van der Waals surface area contributed by atoms with Crippen LogP contribution in [0.3, 0.4) is 0 Å². The number of quaternary nitrogens is 1. The first kappa shape index (κ1) is 19.2. The Hall–Kier alpha value is -0.870. The Bertz CT molecular complexity index is 489. The third kappa shape index (κ3) is 4.56. The van der Waals surface area contributed by atoms with Crippen molar-refractivity contribution < 1.29 is 12.3 Å². The van der Waals surface area contributed by atoms with E-state index in [4.69, 9.17) is 0 Å². The second-order valence-corrected chi connectivity index (χ2v) is 8.27. The van der Waals surface area contributed by atoms with Gasteiger partial charge in [-0.1, -0.05) is 58.2 Å². The van der Waals surface area contributed by atoms with E-state index >= 15 is 0 Å². The van der Waals surface area contributed by atoms with E-state index in [9.17, 15) is 8.42 Å². The molecule has 0 heterocycles. The van der Waals surface area contributed by atoms with Crippen molar-refractivity contribution in [3.8, 4) is 0 Å². The highest BCUT2D eigenvalue weighted by molar-refractivity contribution is 7.86. The predicted molar refractivity (Wildman–Crippen MR) is 93.2 cm³/mol. The topological polar surface area (TPSA) is 34.1 Å². The van der Waals surface area contributed by atoms with Gasteiger partial charge in [0.25, 0.3) is 0 Å². The molecule has 126 valence electrons. The first-order valence-electron chi connectivity index (χ1n) is 8.70. The zero-order chi connectivity index (χ0) is 16.5. The van der Waals surface area contributed by atoms with Crippen LogP contribution in [0.25, 0.3) is 0 Å². The van der Waals surface area contributed by atoms with Gasteiger partial charge in [-0.25, -0.2) is 3.89 Å². The molecule has 0 aliphatic heterocycles. The number of hydrogen-bond acceptors (Lipinski definition) is 2. The van der Waals surface area contributed by atoms with Crippen molar-refractivity contribution in [3.05, 3.63) is 30.3 Å². The van der Waals surface area contributed by atoms with E-state index in [0.29, 0.717) is 4.90 Å². The molecule has 0 spiro atoms. The van der Waals surface area contributed by atoms with Crippen LogP contribution >= 0.6 is 0 Å². The third-order valence-corrected chi connectivity index (χ3v) is 6.74. The van der Waals surface area contributed by atoms with E-state index in [-0.39, 0.29) is 3.89 Å². The van der Waals surface area contributed by atoms with E-state index in [0.717, 1.165) is 58.2 Å². The van der Waals surface area contributed by atoms with Crippen LogP contribution in [0.2, 0.25) is 0 Å². The van der Waals surface area contributed by atoms with E-state index < -0.39 is 10.0 Å². The van der Waals surface area contributed by atoms with Crippen molar-refractivity contribution in [2.24, 2.45) is 0 Å². The van der Waals surface area contributed by atoms with Crippen LogP contribution in [0.1, 0.15) is 59.3 Å². The Morgan fingerprint density at radius 1 is 0.773 bits per heavy atom. The zero-order valence-corrected chi connectivity index (χ0v) is 15.2. The van der Waals surface area contributed by atoms with E-state index in [2.05, 4.69) is 20.8 Å². The molecule has 0 fully saturated rings. The van der Waals surface area contributed by atoms with Gasteiger partial charge < -0.3 is 0 Å². The number of benzene rings is 1. The van der Waals surface area contributed by atoms with Crippen molar-refractivity contribution in [2.45, 2.75) is 64.2 Å². The van der Waals surface area contributed by atoms with Crippen LogP contribution in [-0.2, 0) is 10.0 Å². The van der Waals surface area contributed by atoms with E-state index in [1.165, 1.54) is 0 Å². The molecular weight excluding hydrogens is 294 g/mol. The molecule has 1 rings (SSSR count). The molecule has 0 bridgehead atoms. The fourth-order valence-corrected chi connectivity index (χ4v) is 4.91. The molecule has 0 unspecified atom stereocenters. The Balaban J connectivity index is 3.24. The molecule has 4 heteroatoms. The summed E-state index contributed by atoms with van der Waals surface area (Å²) in [6.45, 7) is 8.57. The molecule has 1 aromatic carbocycles. The van der Waals surface area contributed by atoms with Gasteiger partial charge in [-0.3, -0.25) is 0 Å². The minimum absolute atomic E-state index is 0.229. The second-order valence-electron chi connectivity index (χ2n) is 6.08. The highest BCUT2D eigenvalue weighted by atomic mass is 32.2. The SMILES string of the molecule is CCCC[N+](CCCC)(CCCC)S(=O)(=O)c1ccccc1. The molecule has 1 aromatic rings. The van der Waals surface area contributed by atoms with Crippen molar-refractivity contribution in [3.63, 3.8) is 0 Å². The molecule has 0 N–H and O–H groups in total. The van der Waals surface area contributed by atoms with Gasteiger partial charge in [-0.05, 0) is 31.4 Å². The fraction of sp³-hybridized carbons (Fsp3) is 0.667. The average Bonchev–Trinajstić information content (AvgIpc) is 2.55. The predicted octanol–water partition coefficient (Wildman–Crippen LogP) is 4.59. The Labute approximate surface area is 137 Å². The van der Waals surface area contributed by atoms with Gasteiger partial charge in [0.05, 0.1) is 19.6 Å². The Kier molecular flexibility index (Phi) is 8.12. The minimum Gasteiger partial charge on any atom is -0.214 e. The standard InChI is InChI=1S/C18H32NO2S/c1-4-7-15-19(16-8-5-2,17-9-6-3)22(20,21)18-13-11-10-12-14-18/h10-14H,4-9,15-17H2,1-3H3/q+1. The lowest BCUT2D eigenvalue weighted by molar-refractivity contribution is -0.807. The van der Waals surface area contributed by atoms with Crippen molar-refractivity contribution >= 4 is 10.0 Å². The lowest BCUT2D eigenvalue weighted by Crippen LogP contribution is -2.54. The Morgan fingerprint density at radius 3 is 1.55 bits per heavy atom. The third-order valence-electron chi connectivity index (χ3n) is 4.31. The fourth-order valence-electron chi connectivity index (χ4n) is 2.85. The van der Waals surface area contributed by atoms with Gasteiger partial charge in [0.1, 0.15) is 4.90 Å². The number of nitrogens with zero attached hydrogens (tertiary/aromatic N) is 1. The molecule has 0 radical (unpaired) electrons. The molecule has 0 atom stereocenters. The van der Waals surface area contributed by atoms with E-state index in [1.54, 1.807) is 12.1 Å². The summed E-state index contributed by atoms with van der Waals surface area (Å²) in [5, 5.41) is 0. The lowest BCUT2D eigenvalue weighted by Gasteiger charge is -2.37. The normalized spacial score (nSPS) is 12.5. The largest absolute Gasteiger partial charge is 0.327 e. The summed E-state index contributed by atoms with van der Waals surface area (Å²) in [5.41, 5.74) is 0. The summed E-state index contributed by atoms with van der Waals surface area (Å²) in [6, 6.07) is 9.00. The van der Waals surface area contributed by atoms with Crippen molar-refractivity contribution in [1.82, 2.24) is 0 Å². The first-order valence-corrected chi connectivity index (χ1v) is 10.1. The maximum atomic E-state index is 13.3. The molecular formula is C18H32NO2S+. The summed E-state index contributed by atoms with van der Waals surface area (Å²) in [6.07, 6.45) is 5.96. The van der Waals surface area contributed by atoms with Gasteiger partial charge in [0.2, 0.25) is 0 Å². The van der Waals surface area contributed by atoms with Gasteiger partial charge in [0, 0.05) is 0 Å². The first-order chi connectivity index (χ1) is 10.5. The number of sulfonamides is 1. The van der Waals surface area contributed by atoms with Gasteiger partial charge in [0.15, 0.2) is 0 Å². The molecule has 0 aliphatic carbocycles. The highest BCUT2D eigenvalue weighted by Gasteiger charge is 2.41. The van der Waals surface area contributed by atoms with Crippen LogP contribution in [0, 0.1) is 0 Å². The van der Waals surface area contributed by atoms with Crippen molar-refractivity contribution in [2.75, 3.05) is 19.6 Å². The van der Waals surface area contributed by atoms with Crippen LogP contribution in [-0.4, -0.2) is 31.9 Å². The van der Waals surface area contributed by atoms with E-state index in [1.807, 2.05) is 18.2 Å². The molecule has 3 nitrogen and oxygen atoms in total. The molecule has 0 saturated carbocycles. The average molecular weight is 327 g/mol. The molecule has 0 aliphatic rings. The number of unbranched alkanes of at least 4 members (excludes halogenated alkanes) is 3. The lowest BCUT2D eigenvalue weighted by atomic mass is 10.2. The minimum atomic E-state index is -3.34. The number of rotatable bonds is 11. The van der Waals surface area contributed by atoms with Gasteiger partial charge in [-0.2, -0.15) is 8.42 Å².